The highest BCUT2D eigenvalue weighted by Gasteiger charge is 1.99. The SMILES string of the molecule is NC(=O)c1ccc(NCCCC(=O)O)cc1. The Bertz CT molecular complexity index is 373. The topological polar surface area (TPSA) is 92.4 Å². The van der Waals surface area contributed by atoms with Gasteiger partial charge in [-0.05, 0) is 30.7 Å². The summed E-state index contributed by atoms with van der Waals surface area (Å²) in [5.74, 6) is -1.26. The normalized spacial score (nSPS) is 9.75. The molecule has 16 heavy (non-hydrogen) atoms. The van der Waals surface area contributed by atoms with E-state index in [-0.39, 0.29) is 6.42 Å². The lowest BCUT2D eigenvalue weighted by Crippen LogP contribution is -2.11. The molecule has 5 heteroatoms. The van der Waals surface area contributed by atoms with E-state index < -0.39 is 11.9 Å². The van der Waals surface area contributed by atoms with Gasteiger partial charge < -0.3 is 16.2 Å². The number of carboxylic acids is 1. The number of anilines is 1. The first-order valence-electron chi connectivity index (χ1n) is 4.95. The first-order valence-corrected chi connectivity index (χ1v) is 4.95. The highest BCUT2D eigenvalue weighted by atomic mass is 16.4. The molecule has 0 atom stereocenters. The van der Waals surface area contributed by atoms with Crippen molar-refractivity contribution < 1.29 is 14.7 Å². The molecular weight excluding hydrogens is 208 g/mol. The number of carbonyl (C=O) groups excluding carboxylic acids is 1. The molecule has 1 amide bonds. The summed E-state index contributed by atoms with van der Waals surface area (Å²) in [6.45, 7) is 0.586. The van der Waals surface area contributed by atoms with Gasteiger partial charge in [0.05, 0.1) is 0 Å². The molecular formula is C11H14N2O3. The zero-order chi connectivity index (χ0) is 12.0. The molecule has 1 rings (SSSR count). The van der Waals surface area contributed by atoms with Gasteiger partial charge in [0, 0.05) is 24.2 Å². The van der Waals surface area contributed by atoms with Crippen LogP contribution in [-0.2, 0) is 4.79 Å². The third-order valence-electron chi connectivity index (χ3n) is 2.07. The van der Waals surface area contributed by atoms with E-state index in [4.69, 9.17) is 10.8 Å². The van der Waals surface area contributed by atoms with Crippen LogP contribution in [0.3, 0.4) is 0 Å². The minimum absolute atomic E-state index is 0.145. The third-order valence-corrected chi connectivity index (χ3v) is 2.07. The molecule has 5 nitrogen and oxygen atoms in total. The van der Waals surface area contributed by atoms with Crippen LogP contribution >= 0.6 is 0 Å². The maximum absolute atomic E-state index is 10.8. The highest BCUT2D eigenvalue weighted by molar-refractivity contribution is 5.93. The average Bonchev–Trinajstić information content (AvgIpc) is 2.25. The van der Waals surface area contributed by atoms with Crippen molar-refractivity contribution in [2.75, 3.05) is 11.9 Å². The molecule has 0 aromatic heterocycles. The van der Waals surface area contributed by atoms with Crippen molar-refractivity contribution in [1.82, 2.24) is 0 Å². The van der Waals surface area contributed by atoms with Gasteiger partial charge in [0.2, 0.25) is 5.91 Å². The number of rotatable bonds is 6. The predicted molar refractivity (Wildman–Crippen MR) is 60.3 cm³/mol. The number of nitrogens with two attached hydrogens (primary N) is 1. The predicted octanol–water partition coefficient (Wildman–Crippen LogP) is 1.06. The van der Waals surface area contributed by atoms with Crippen molar-refractivity contribution in [2.45, 2.75) is 12.8 Å². The molecule has 0 radical (unpaired) electrons. The van der Waals surface area contributed by atoms with Crippen LogP contribution in [0.2, 0.25) is 0 Å². The molecule has 0 fully saturated rings. The van der Waals surface area contributed by atoms with Gasteiger partial charge in [-0.25, -0.2) is 0 Å². The number of hydrogen-bond donors (Lipinski definition) is 3. The standard InChI is InChI=1S/C11H14N2O3/c12-11(16)8-3-5-9(6-4-8)13-7-1-2-10(14)15/h3-6,13H,1-2,7H2,(H2,12,16)(H,14,15). The number of nitrogens with one attached hydrogen (secondary N) is 1. The second-order valence-corrected chi connectivity index (χ2v) is 3.37. The molecule has 4 N–H and O–H groups in total. The van der Waals surface area contributed by atoms with Crippen molar-refractivity contribution in [3.05, 3.63) is 29.8 Å². The number of carbonyl (C=O) groups is 2. The molecule has 86 valence electrons. The largest absolute Gasteiger partial charge is 0.481 e. The third kappa shape index (κ3) is 4.00. The highest BCUT2D eigenvalue weighted by Crippen LogP contribution is 2.09. The number of benzene rings is 1. The molecule has 1 aromatic carbocycles. The molecule has 0 unspecified atom stereocenters. The molecule has 0 spiro atoms. The Balaban J connectivity index is 2.38. The fourth-order valence-electron chi connectivity index (χ4n) is 1.22. The maximum Gasteiger partial charge on any atom is 0.303 e. The summed E-state index contributed by atoms with van der Waals surface area (Å²) in [6, 6.07) is 6.73. The van der Waals surface area contributed by atoms with Gasteiger partial charge in [0.1, 0.15) is 0 Å². The zero-order valence-corrected chi connectivity index (χ0v) is 8.77. The van der Waals surface area contributed by atoms with E-state index >= 15 is 0 Å². The van der Waals surface area contributed by atoms with Crippen LogP contribution in [0.4, 0.5) is 5.69 Å². The van der Waals surface area contributed by atoms with E-state index in [1.165, 1.54) is 0 Å². The molecule has 0 bridgehead atoms. The Morgan fingerprint density at radius 2 is 1.88 bits per heavy atom. The monoisotopic (exact) mass is 222 g/mol. The van der Waals surface area contributed by atoms with E-state index in [0.717, 1.165) is 5.69 Å². The molecule has 0 heterocycles. The summed E-state index contributed by atoms with van der Waals surface area (Å²) in [5.41, 5.74) is 6.39. The van der Waals surface area contributed by atoms with Gasteiger partial charge in [-0.15, -0.1) is 0 Å². The first-order chi connectivity index (χ1) is 7.59. The second-order valence-electron chi connectivity index (χ2n) is 3.37. The first kappa shape index (κ1) is 12.0. The number of primary amides is 1. The van der Waals surface area contributed by atoms with Crippen LogP contribution in [-0.4, -0.2) is 23.5 Å². The van der Waals surface area contributed by atoms with E-state index in [1.54, 1.807) is 24.3 Å². The fourth-order valence-corrected chi connectivity index (χ4v) is 1.22. The summed E-state index contributed by atoms with van der Waals surface area (Å²) in [5, 5.41) is 11.5. The summed E-state index contributed by atoms with van der Waals surface area (Å²) in [6.07, 6.45) is 0.708. The van der Waals surface area contributed by atoms with Crippen LogP contribution in [0.15, 0.2) is 24.3 Å². The minimum Gasteiger partial charge on any atom is -0.481 e. The summed E-state index contributed by atoms with van der Waals surface area (Å²) in [4.78, 5) is 21.0. The van der Waals surface area contributed by atoms with Crippen molar-refractivity contribution in [2.24, 2.45) is 5.73 Å². The number of carboxylic acid groups (broad SMARTS) is 1. The maximum atomic E-state index is 10.8. The number of hydrogen-bond acceptors (Lipinski definition) is 3. The Kier molecular flexibility index (Phi) is 4.32. The number of aliphatic carboxylic acids is 1. The van der Waals surface area contributed by atoms with Gasteiger partial charge >= 0.3 is 5.97 Å². The Morgan fingerprint density at radius 3 is 2.38 bits per heavy atom. The average molecular weight is 222 g/mol. The minimum atomic E-state index is -0.800. The van der Waals surface area contributed by atoms with E-state index in [2.05, 4.69) is 5.32 Å². The lowest BCUT2D eigenvalue weighted by atomic mass is 10.2. The van der Waals surface area contributed by atoms with E-state index in [0.29, 0.717) is 18.5 Å². The second kappa shape index (κ2) is 5.75. The van der Waals surface area contributed by atoms with Crippen molar-refractivity contribution in [3.63, 3.8) is 0 Å². The summed E-state index contributed by atoms with van der Waals surface area (Å²) in [7, 11) is 0. The smallest absolute Gasteiger partial charge is 0.303 e. The van der Waals surface area contributed by atoms with Gasteiger partial charge in [0.25, 0.3) is 0 Å². The zero-order valence-electron chi connectivity index (χ0n) is 8.77. The van der Waals surface area contributed by atoms with Crippen molar-refractivity contribution >= 4 is 17.6 Å². The lowest BCUT2D eigenvalue weighted by molar-refractivity contribution is -0.137. The molecule has 0 saturated carbocycles. The van der Waals surface area contributed by atoms with Gasteiger partial charge in [-0.3, -0.25) is 9.59 Å². The molecule has 1 aromatic rings. The van der Waals surface area contributed by atoms with Crippen LogP contribution in [0, 0.1) is 0 Å². The Morgan fingerprint density at radius 1 is 1.25 bits per heavy atom. The van der Waals surface area contributed by atoms with Crippen LogP contribution in [0.1, 0.15) is 23.2 Å². The van der Waals surface area contributed by atoms with Gasteiger partial charge in [0.15, 0.2) is 0 Å². The molecule has 0 aliphatic rings. The fraction of sp³-hybridized carbons (Fsp3) is 0.273. The van der Waals surface area contributed by atoms with Gasteiger partial charge in [-0.2, -0.15) is 0 Å². The van der Waals surface area contributed by atoms with Crippen molar-refractivity contribution in [1.29, 1.82) is 0 Å². The molecule has 0 aliphatic carbocycles. The summed E-state index contributed by atoms with van der Waals surface area (Å²) < 4.78 is 0. The summed E-state index contributed by atoms with van der Waals surface area (Å²) >= 11 is 0. The quantitative estimate of drug-likeness (QED) is 0.627. The molecule has 0 aliphatic heterocycles. The van der Waals surface area contributed by atoms with Crippen LogP contribution in [0.25, 0.3) is 0 Å². The Hall–Kier alpha value is -2.04. The molecule has 0 saturated heterocycles. The van der Waals surface area contributed by atoms with E-state index in [9.17, 15) is 9.59 Å². The van der Waals surface area contributed by atoms with Crippen LogP contribution < -0.4 is 11.1 Å². The van der Waals surface area contributed by atoms with E-state index in [1.807, 2.05) is 0 Å². The number of amides is 1. The Labute approximate surface area is 93.3 Å². The van der Waals surface area contributed by atoms with Crippen LogP contribution in [0.5, 0.6) is 0 Å². The van der Waals surface area contributed by atoms with Gasteiger partial charge in [-0.1, -0.05) is 0 Å². The lowest BCUT2D eigenvalue weighted by Gasteiger charge is -2.05. The van der Waals surface area contributed by atoms with Crippen molar-refractivity contribution in [3.8, 4) is 0 Å².